The zero-order valence-corrected chi connectivity index (χ0v) is 10.8. The van der Waals surface area contributed by atoms with Crippen LogP contribution in [0.4, 0.5) is 0 Å². The standard InChI is InChI=1S/C15H12N4/c1-10-12(6-4-8-17-10)15-18-14-11(9-16)5-3-7-13(14)19(15)2/h3-8H,1-2H3. The van der Waals surface area contributed by atoms with Gasteiger partial charge in [-0.25, -0.2) is 4.98 Å². The Morgan fingerprint density at radius 2 is 2.05 bits per heavy atom. The Labute approximate surface area is 111 Å². The SMILES string of the molecule is Cc1ncccc1-c1nc2c(C#N)cccc2n1C. The molecule has 0 radical (unpaired) electrons. The molecule has 0 fully saturated rings. The Kier molecular flexibility index (Phi) is 2.53. The summed E-state index contributed by atoms with van der Waals surface area (Å²) in [5.74, 6) is 0.836. The molecule has 0 bridgehead atoms. The van der Waals surface area contributed by atoms with Gasteiger partial charge in [-0.05, 0) is 31.2 Å². The van der Waals surface area contributed by atoms with Crippen molar-refractivity contribution in [2.24, 2.45) is 7.05 Å². The molecule has 0 saturated carbocycles. The summed E-state index contributed by atoms with van der Waals surface area (Å²) in [4.78, 5) is 8.91. The number of hydrogen-bond donors (Lipinski definition) is 0. The number of rotatable bonds is 1. The molecule has 0 spiro atoms. The fraction of sp³-hybridized carbons (Fsp3) is 0.133. The number of aromatic nitrogens is 3. The lowest BCUT2D eigenvalue weighted by molar-refractivity contribution is 0.953. The zero-order valence-electron chi connectivity index (χ0n) is 10.8. The Morgan fingerprint density at radius 3 is 2.79 bits per heavy atom. The first-order valence-corrected chi connectivity index (χ1v) is 6.00. The second kappa shape index (κ2) is 4.21. The lowest BCUT2D eigenvalue weighted by Crippen LogP contribution is -1.95. The molecule has 92 valence electrons. The van der Waals surface area contributed by atoms with Gasteiger partial charge in [0, 0.05) is 24.5 Å². The van der Waals surface area contributed by atoms with Crippen LogP contribution in [0.15, 0.2) is 36.5 Å². The molecule has 0 amide bonds. The molecular weight excluding hydrogens is 236 g/mol. The number of nitrogens with zero attached hydrogens (tertiary/aromatic N) is 4. The minimum absolute atomic E-state index is 0.598. The molecule has 2 heterocycles. The van der Waals surface area contributed by atoms with E-state index in [1.807, 2.05) is 42.8 Å². The number of fused-ring (bicyclic) bond motifs is 1. The van der Waals surface area contributed by atoms with E-state index in [4.69, 9.17) is 5.26 Å². The lowest BCUT2D eigenvalue weighted by Gasteiger charge is -2.04. The van der Waals surface area contributed by atoms with Gasteiger partial charge in [0.25, 0.3) is 0 Å². The van der Waals surface area contributed by atoms with E-state index in [-0.39, 0.29) is 0 Å². The lowest BCUT2D eigenvalue weighted by atomic mass is 10.2. The normalized spacial score (nSPS) is 10.6. The van der Waals surface area contributed by atoms with Crippen LogP contribution in [0.3, 0.4) is 0 Å². The average Bonchev–Trinajstić information content (AvgIpc) is 2.77. The highest BCUT2D eigenvalue weighted by atomic mass is 15.1. The molecule has 19 heavy (non-hydrogen) atoms. The first-order valence-electron chi connectivity index (χ1n) is 6.00. The van der Waals surface area contributed by atoms with Crippen molar-refractivity contribution in [2.45, 2.75) is 6.92 Å². The molecule has 4 nitrogen and oxygen atoms in total. The van der Waals surface area contributed by atoms with Gasteiger partial charge in [-0.3, -0.25) is 4.98 Å². The van der Waals surface area contributed by atoms with Gasteiger partial charge in [0.05, 0.1) is 11.1 Å². The van der Waals surface area contributed by atoms with Crippen molar-refractivity contribution in [3.05, 3.63) is 47.8 Å². The van der Waals surface area contributed by atoms with Gasteiger partial charge in [0.15, 0.2) is 0 Å². The number of hydrogen-bond acceptors (Lipinski definition) is 3. The largest absolute Gasteiger partial charge is 0.327 e. The molecule has 0 aliphatic heterocycles. The van der Waals surface area contributed by atoms with Crippen molar-refractivity contribution in [3.63, 3.8) is 0 Å². The highest BCUT2D eigenvalue weighted by Crippen LogP contribution is 2.26. The van der Waals surface area contributed by atoms with Crippen molar-refractivity contribution in [2.75, 3.05) is 0 Å². The number of benzene rings is 1. The second-order valence-corrected chi connectivity index (χ2v) is 4.42. The molecule has 4 heteroatoms. The second-order valence-electron chi connectivity index (χ2n) is 4.42. The predicted molar refractivity (Wildman–Crippen MR) is 73.4 cm³/mol. The minimum atomic E-state index is 0.598. The van der Waals surface area contributed by atoms with Crippen LogP contribution in [-0.2, 0) is 7.05 Å². The molecule has 0 aliphatic rings. The van der Waals surface area contributed by atoms with Gasteiger partial charge < -0.3 is 4.57 Å². The molecule has 0 unspecified atom stereocenters. The van der Waals surface area contributed by atoms with E-state index in [0.717, 1.165) is 28.1 Å². The Bertz CT molecular complexity index is 809. The highest BCUT2D eigenvalue weighted by Gasteiger charge is 2.14. The van der Waals surface area contributed by atoms with Crippen molar-refractivity contribution < 1.29 is 0 Å². The summed E-state index contributed by atoms with van der Waals surface area (Å²) in [6, 6.07) is 11.7. The third-order valence-electron chi connectivity index (χ3n) is 3.28. The van der Waals surface area contributed by atoms with E-state index >= 15 is 0 Å². The number of nitriles is 1. The maximum atomic E-state index is 9.15. The molecule has 2 aromatic heterocycles. The van der Waals surface area contributed by atoms with Gasteiger partial charge in [0.1, 0.15) is 17.4 Å². The Balaban J connectivity index is 2.36. The summed E-state index contributed by atoms with van der Waals surface area (Å²) >= 11 is 0. The number of aryl methyl sites for hydroxylation is 2. The Hall–Kier alpha value is -2.67. The number of imidazole rings is 1. The number of para-hydroxylation sites is 1. The van der Waals surface area contributed by atoms with Gasteiger partial charge in [-0.15, -0.1) is 0 Å². The summed E-state index contributed by atoms with van der Waals surface area (Å²) in [6.45, 7) is 1.96. The average molecular weight is 248 g/mol. The zero-order chi connectivity index (χ0) is 13.4. The van der Waals surface area contributed by atoms with E-state index in [1.165, 1.54) is 0 Å². The minimum Gasteiger partial charge on any atom is -0.327 e. The third-order valence-corrected chi connectivity index (χ3v) is 3.28. The monoisotopic (exact) mass is 248 g/mol. The molecular formula is C15H12N4. The van der Waals surface area contributed by atoms with Crippen LogP contribution in [-0.4, -0.2) is 14.5 Å². The van der Waals surface area contributed by atoms with Crippen LogP contribution < -0.4 is 0 Å². The summed E-state index contributed by atoms with van der Waals surface area (Å²) < 4.78 is 2.00. The maximum Gasteiger partial charge on any atom is 0.142 e. The predicted octanol–water partition coefficient (Wildman–Crippen LogP) is 2.82. The third kappa shape index (κ3) is 1.67. The smallest absolute Gasteiger partial charge is 0.142 e. The molecule has 1 aromatic carbocycles. The first kappa shape index (κ1) is 11.4. The van der Waals surface area contributed by atoms with Crippen molar-refractivity contribution >= 4 is 11.0 Å². The van der Waals surface area contributed by atoms with Crippen LogP contribution >= 0.6 is 0 Å². The topological polar surface area (TPSA) is 54.5 Å². The van der Waals surface area contributed by atoms with Crippen molar-refractivity contribution in [1.29, 1.82) is 5.26 Å². The van der Waals surface area contributed by atoms with Gasteiger partial charge in [-0.2, -0.15) is 5.26 Å². The highest BCUT2D eigenvalue weighted by molar-refractivity contribution is 5.85. The van der Waals surface area contributed by atoms with Crippen LogP contribution in [0.1, 0.15) is 11.3 Å². The van der Waals surface area contributed by atoms with E-state index in [2.05, 4.69) is 16.0 Å². The van der Waals surface area contributed by atoms with Crippen molar-refractivity contribution in [3.8, 4) is 17.5 Å². The summed E-state index contributed by atoms with van der Waals surface area (Å²) in [5.41, 5.74) is 4.22. The summed E-state index contributed by atoms with van der Waals surface area (Å²) in [7, 11) is 1.96. The summed E-state index contributed by atoms with van der Waals surface area (Å²) in [6.07, 6.45) is 1.77. The van der Waals surface area contributed by atoms with Gasteiger partial charge in [0.2, 0.25) is 0 Å². The van der Waals surface area contributed by atoms with Crippen LogP contribution in [0.5, 0.6) is 0 Å². The maximum absolute atomic E-state index is 9.15. The van der Waals surface area contributed by atoms with Gasteiger partial charge >= 0.3 is 0 Å². The van der Waals surface area contributed by atoms with Crippen LogP contribution in [0, 0.1) is 18.3 Å². The molecule has 0 atom stereocenters. The van der Waals surface area contributed by atoms with E-state index in [1.54, 1.807) is 12.3 Å². The fourth-order valence-electron chi connectivity index (χ4n) is 2.27. The van der Waals surface area contributed by atoms with Crippen molar-refractivity contribution in [1.82, 2.24) is 14.5 Å². The molecule has 3 aromatic rings. The van der Waals surface area contributed by atoms with E-state index in [0.29, 0.717) is 5.56 Å². The quantitative estimate of drug-likeness (QED) is 0.665. The molecule has 3 rings (SSSR count). The van der Waals surface area contributed by atoms with Gasteiger partial charge in [-0.1, -0.05) is 6.07 Å². The Morgan fingerprint density at radius 1 is 1.21 bits per heavy atom. The van der Waals surface area contributed by atoms with Crippen LogP contribution in [0.2, 0.25) is 0 Å². The van der Waals surface area contributed by atoms with E-state index in [9.17, 15) is 0 Å². The molecule has 0 saturated heterocycles. The van der Waals surface area contributed by atoms with Crippen LogP contribution in [0.25, 0.3) is 22.4 Å². The number of pyridine rings is 1. The molecule has 0 aliphatic carbocycles. The fourth-order valence-corrected chi connectivity index (χ4v) is 2.27. The molecule has 0 N–H and O–H groups in total. The van der Waals surface area contributed by atoms with E-state index < -0.39 is 0 Å². The first-order chi connectivity index (χ1) is 9.22. The summed E-state index contributed by atoms with van der Waals surface area (Å²) in [5, 5.41) is 9.15.